The number of aliphatic hydroxyl groups is 1. The van der Waals surface area contributed by atoms with Crippen LogP contribution in [0.1, 0.15) is 47.7 Å². The second-order valence-corrected chi connectivity index (χ2v) is 9.60. The Morgan fingerprint density at radius 3 is 2.17 bits per heavy atom. The summed E-state index contributed by atoms with van der Waals surface area (Å²) < 4.78 is 5.82. The van der Waals surface area contributed by atoms with Crippen molar-refractivity contribution < 1.29 is 19.4 Å². The van der Waals surface area contributed by atoms with Gasteiger partial charge in [0.1, 0.15) is 11.5 Å². The van der Waals surface area contributed by atoms with E-state index in [-0.39, 0.29) is 11.3 Å². The zero-order valence-electron chi connectivity index (χ0n) is 20.8. The summed E-state index contributed by atoms with van der Waals surface area (Å²) in [5, 5.41) is 11.4. The molecule has 3 aromatic rings. The van der Waals surface area contributed by atoms with E-state index >= 15 is 0 Å². The number of anilines is 1. The number of ether oxygens (including phenoxy) is 1. The van der Waals surface area contributed by atoms with Gasteiger partial charge >= 0.3 is 0 Å². The van der Waals surface area contributed by atoms with Crippen molar-refractivity contribution in [1.29, 1.82) is 0 Å². The first-order valence-electron chi connectivity index (χ1n) is 11.9. The molecular weight excluding hydrogens is 438 g/mol. The number of ketones is 1. The van der Waals surface area contributed by atoms with E-state index in [0.29, 0.717) is 35.1 Å². The lowest BCUT2D eigenvalue weighted by molar-refractivity contribution is -0.132. The van der Waals surface area contributed by atoms with Gasteiger partial charge in [-0.3, -0.25) is 14.5 Å². The Balaban J connectivity index is 1.87. The summed E-state index contributed by atoms with van der Waals surface area (Å²) in [6, 6.07) is 19.8. The molecule has 0 aromatic heterocycles. The summed E-state index contributed by atoms with van der Waals surface area (Å²) in [5.74, 6) is -0.422. The van der Waals surface area contributed by atoms with Gasteiger partial charge in [0, 0.05) is 11.3 Å². The predicted octanol–water partition coefficient (Wildman–Crippen LogP) is 6.27. The molecule has 5 heteroatoms. The number of aliphatic hydroxyl groups excluding tert-OH is 1. The molecular formula is C30H31NO4. The Bertz CT molecular complexity index is 1290. The molecule has 0 aliphatic carbocycles. The van der Waals surface area contributed by atoms with Crippen LogP contribution in [0.15, 0.2) is 72.3 Å². The maximum Gasteiger partial charge on any atom is 0.300 e. The average Bonchev–Trinajstić information content (AvgIpc) is 3.10. The van der Waals surface area contributed by atoms with Gasteiger partial charge in [-0.2, -0.15) is 0 Å². The minimum atomic E-state index is -0.767. The molecule has 1 atom stereocenters. The van der Waals surface area contributed by atoms with Crippen molar-refractivity contribution in [3.8, 4) is 5.75 Å². The second kappa shape index (κ2) is 9.79. The van der Waals surface area contributed by atoms with Crippen LogP contribution in [-0.2, 0) is 9.59 Å². The summed E-state index contributed by atoms with van der Waals surface area (Å²) in [7, 11) is 0. The first-order chi connectivity index (χ1) is 16.7. The molecule has 1 heterocycles. The van der Waals surface area contributed by atoms with E-state index < -0.39 is 17.7 Å². The molecule has 0 spiro atoms. The van der Waals surface area contributed by atoms with Gasteiger partial charge in [0.05, 0.1) is 18.2 Å². The third-order valence-corrected chi connectivity index (χ3v) is 6.18. The van der Waals surface area contributed by atoms with Crippen molar-refractivity contribution in [2.75, 3.05) is 11.5 Å². The van der Waals surface area contributed by atoms with Crippen LogP contribution < -0.4 is 9.64 Å². The van der Waals surface area contributed by atoms with E-state index in [9.17, 15) is 14.7 Å². The van der Waals surface area contributed by atoms with Crippen molar-refractivity contribution in [2.24, 2.45) is 5.92 Å². The highest BCUT2D eigenvalue weighted by Gasteiger charge is 2.47. The molecule has 1 fully saturated rings. The summed E-state index contributed by atoms with van der Waals surface area (Å²) >= 11 is 0. The van der Waals surface area contributed by atoms with Gasteiger partial charge in [-0.1, -0.05) is 61.4 Å². The lowest BCUT2D eigenvalue weighted by Crippen LogP contribution is -2.29. The molecule has 1 amide bonds. The van der Waals surface area contributed by atoms with E-state index in [1.165, 1.54) is 4.90 Å². The Kier molecular flexibility index (Phi) is 6.79. The first kappa shape index (κ1) is 24.3. The Morgan fingerprint density at radius 1 is 0.914 bits per heavy atom. The largest absolute Gasteiger partial charge is 0.507 e. The third kappa shape index (κ3) is 4.85. The number of carbonyl (C=O) groups is 2. The van der Waals surface area contributed by atoms with Gasteiger partial charge in [-0.15, -0.1) is 0 Å². The van der Waals surface area contributed by atoms with E-state index in [1.54, 1.807) is 0 Å². The van der Waals surface area contributed by atoms with Crippen molar-refractivity contribution in [3.63, 3.8) is 0 Å². The molecule has 3 aromatic carbocycles. The number of hydrogen-bond acceptors (Lipinski definition) is 4. The fraction of sp³-hybridized carbons (Fsp3) is 0.267. The minimum absolute atomic E-state index is 0.0834. The highest BCUT2D eigenvalue weighted by molar-refractivity contribution is 6.51. The van der Waals surface area contributed by atoms with Crippen LogP contribution in [0.5, 0.6) is 5.75 Å². The molecule has 0 radical (unpaired) electrons. The SMILES string of the molecule is Cc1ccc(N2C(=O)C(=O)/C(=C(/O)c3cc(C)ccc3C)C2c2ccc(OCC(C)C)cc2)cc1. The zero-order valence-corrected chi connectivity index (χ0v) is 20.8. The first-order valence-corrected chi connectivity index (χ1v) is 11.9. The maximum atomic E-state index is 13.4. The van der Waals surface area contributed by atoms with E-state index in [1.807, 2.05) is 87.5 Å². The van der Waals surface area contributed by atoms with Gasteiger partial charge in [-0.05, 0) is 68.1 Å². The maximum absolute atomic E-state index is 13.4. The molecule has 1 N–H and O–H groups in total. The van der Waals surface area contributed by atoms with Crippen LogP contribution in [0.4, 0.5) is 5.69 Å². The highest BCUT2D eigenvalue weighted by atomic mass is 16.5. The quantitative estimate of drug-likeness (QED) is 0.262. The van der Waals surface area contributed by atoms with Crippen LogP contribution in [0, 0.1) is 26.7 Å². The van der Waals surface area contributed by atoms with Crippen LogP contribution in [0.25, 0.3) is 5.76 Å². The number of benzene rings is 3. The topological polar surface area (TPSA) is 66.8 Å². The molecule has 1 unspecified atom stereocenters. The molecule has 1 saturated heterocycles. The molecule has 4 rings (SSSR count). The molecule has 35 heavy (non-hydrogen) atoms. The predicted molar refractivity (Wildman–Crippen MR) is 139 cm³/mol. The zero-order chi connectivity index (χ0) is 25.3. The smallest absolute Gasteiger partial charge is 0.300 e. The molecule has 1 aliphatic rings. The number of hydrogen-bond donors (Lipinski definition) is 1. The summed E-state index contributed by atoms with van der Waals surface area (Å²) in [5.41, 5.74) is 4.77. The number of rotatable bonds is 6. The van der Waals surface area contributed by atoms with Crippen LogP contribution >= 0.6 is 0 Å². The van der Waals surface area contributed by atoms with Crippen LogP contribution in [0.3, 0.4) is 0 Å². The van der Waals surface area contributed by atoms with E-state index in [0.717, 1.165) is 16.7 Å². The number of amides is 1. The Labute approximate surface area is 206 Å². The third-order valence-electron chi connectivity index (χ3n) is 6.18. The molecule has 5 nitrogen and oxygen atoms in total. The fourth-order valence-corrected chi connectivity index (χ4v) is 4.26. The monoisotopic (exact) mass is 469 g/mol. The van der Waals surface area contributed by atoms with Gasteiger partial charge in [-0.25, -0.2) is 0 Å². The molecule has 1 aliphatic heterocycles. The number of carbonyl (C=O) groups excluding carboxylic acids is 2. The summed E-state index contributed by atoms with van der Waals surface area (Å²) in [6.07, 6.45) is 0. The van der Waals surface area contributed by atoms with Crippen molar-refractivity contribution in [2.45, 2.75) is 40.7 Å². The normalized spacial score (nSPS) is 17.3. The Morgan fingerprint density at radius 2 is 1.54 bits per heavy atom. The number of aryl methyl sites for hydroxylation is 3. The van der Waals surface area contributed by atoms with Gasteiger partial charge < -0.3 is 9.84 Å². The van der Waals surface area contributed by atoms with E-state index in [4.69, 9.17) is 4.74 Å². The average molecular weight is 470 g/mol. The van der Waals surface area contributed by atoms with Gasteiger partial charge in [0.25, 0.3) is 11.7 Å². The standard InChI is InChI=1S/C30H31NO4/c1-18(2)17-35-24-14-10-22(11-15-24)27-26(28(32)25-16-20(4)6-9-21(25)5)29(33)30(34)31(27)23-12-7-19(3)8-13-23/h6-16,18,27,32H,17H2,1-5H3/b28-26+. The minimum Gasteiger partial charge on any atom is -0.507 e. The Hall–Kier alpha value is -3.86. The van der Waals surface area contributed by atoms with Gasteiger partial charge in [0.15, 0.2) is 0 Å². The highest BCUT2D eigenvalue weighted by Crippen LogP contribution is 2.43. The molecule has 180 valence electrons. The lowest BCUT2D eigenvalue weighted by Gasteiger charge is -2.26. The fourth-order valence-electron chi connectivity index (χ4n) is 4.26. The number of nitrogens with zero attached hydrogens (tertiary/aromatic N) is 1. The lowest BCUT2D eigenvalue weighted by atomic mass is 9.93. The van der Waals surface area contributed by atoms with E-state index in [2.05, 4.69) is 13.8 Å². The second-order valence-electron chi connectivity index (χ2n) is 9.60. The van der Waals surface area contributed by atoms with Gasteiger partial charge in [0.2, 0.25) is 0 Å². The van der Waals surface area contributed by atoms with Crippen molar-refractivity contribution in [1.82, 2.24) is 0 Å². The number of Topliss-reactive ketones (excluding diaryl/α,β-unsaturated/α-hetero) is 1. The molecule has 0 saturated carbocycles. The summed E-state index contributed by atoms with van der Waals surface area (Å²) in [4.78, 5) is 28.2. The summed E-state index contributed by atoms with van der Waals surface area (Å²) in [6.45, 7) is 10.5. The molecule has 0 bridgehead atoms. The van der Waals surface area contributed by atoms with Crippen molar-refractivity contribution in [3.05, 3.63) is 100 Å². The van der Waals surface area contributed by atoms with Crippen molar-refractivity contribution >= 4 is 23.1 Å². The van der Waals surface area contributed by atoms with Crippen LogP contribution in [-0.4, -0.2) is 23.4 Å². The van der Waals surface area contributed by atoms with Crippen LogP contribution in [0.2, 0.25) is 0 Å².